The summed E-state index contributed by atoms with van der Waals surface area (Å²) in [5.41, 5.74) is 1.37. The van der Waals surface area contributed by atoms with Gasteiger partial charge in [0.05, 0.1) is 4.92 Å². The van der Waals surface area contributed by atoms with Gasteiger partial charge in [0.15, 0.2) is 6.61 Å². The molecule has 0 aliphatic heterocycles. The Bertz CT molecular complexity index is 895. The Morgan fingerprint density at radius 3 is 2.88 bits per heavy atom. The standard InChI is InChI=1S/C16H12ClN3O4/c1-10-7-13(5-6-14(10)17)23-9-15-18-16(19-24-15)11-3-2-4-12(8-11)20(21)22/h2-8H,9H2,1H3. The first-order valence-corrected chi connectivity index (χ1v) is 7.37. The third-order valence-corrected chi connectivity index (χ3v) is 3.70. The maximum atomic E-state index is 10.8. The molecule has 7 nitrogen and oxygen atoms in total. The Labute approximate surface area is 142 Å². The van der Waals surface area contributed by atoms with Gasteiger partial charge in [0, 0.05) is 22.7 Å². The summed E-state index contributed by atoms with van der Waals surface area (Å²) in [6, 6.07) is 11.3. The highest BCUT2D eigenvalue weighted by Gasteiger charge is 2.13. The van der Waals surface area contributed by atoms with Gasteiger partial charge >= 0.3 is 0 Å². The summed E-state index contributed by atoms with van der Waals surface area (Å²) in [4.78, 5) is 14.5. The van der Waals surface area contributed by atoms with Gasteiger partial charge in [0.2, 0.25) is 5.82 Å². The van der Waals surface area contributed by atoms with E-state index < -0.39 is 4.92 Å². The third kappa shape index (κ3) is 3.52. The molecule has 122 valence electrons. The van der Waals surface area contributed by atoms with Crippen LogP contribution in [0.15, 0.2) is 47.0 Å². The Morgan fingerprint density at radius 1 is 1.29 bits per heavy atom. The Hall–Kier alpha value is -2.93. The van der Waals surface area contributed by atoms with E-state index in [1.165, 1.54) is 12.1 Å². The second-order valence-corrected chi connectivity index (χ2v) is 5.43. The molecular weight excluding hydrogens is 334 g/mol. The van der Waals surface area contributed by atoms with Gasteiger partial charge in [-0.15, -0.1) is 0 Å². The number of aryl methyl sites for hydroxylation is 1. The number of benzene rings is 2. The van der Waals surface area contributed by atoms with Crippen LogP contribution in [0.3, 0.4) is 0 Å². The average molecular weight is 346 g/mol. The van der Waals surface area contributed by atoms with Crippen LogP contribution in [0.5, 0.6) is 5.75 Å². The lowest BCUT2D eigenvalue weighted by atomic mass is 10.2. The molecule has 24 heavy (non-hydrogen) atoms. The zero-order valence-electron chi connectivity index (χ0n) is 12.6. The first-order valence-electron chi connectivity index (χ1n) is 6.99. The molecule has 0 aliphatic rings. The van der Waals surface area contributed by atoms with E-state index in [4.69, 9.17) is 20.9 Å². The van der Waals surface area contributed by atoms with Crippen LogP contribution in [-0.2, 0) is 6.61 Å². The van der Waals surface area contributed by atoms with Crippen LogP contribution in [0.4, 0.5) is 5.69 Å². The first kappa shape index (κ1) is 15.9. The number of rotatable bonds is 5. The fourth-order valence-electron chi connectivity index (χ4n) is 2.04. The largest absolute Gasteiger partial charge is 0.484 e. The second-order valence-electron chi connectivity index (χ2n) is 5.02. The van der Waals surface area contributed by atoms with E-state index in [9.17, 15) is 10.1 Å². The number of nitro benzene ring substituents is 1. The van der Waals surface area contributed by atoms with Crippen molar-refractivity contribution in [3.05, 3.63) is 69.1 Å². The van der Waals surface area contributed by atoms with Crippen LogP contribution in [0, 0.1) is 17.0 Å². The van der Waals surface area contributed by atoms with Gasteiger partial charge in [-0.2, -0.15) is 4.98 Å². The molecule has 8 heteroatoms. The van der Waals surface area contributed by atoms with Gasteiger partial charge < -0.3 is 9.26 Å². The van der Waals surface area contributed by atoms with Gasteiger partial charge in [0.1, 0.15) is 5.75 Å². The van der Waals surface area contributed by atoms with Gasteiger partial charge in [-0.25, -0.2) is 0 Å². The van der Waals surface area contributed by atoms with Crippen LogP contribution in [0.1, 0.15) is 11.5 Å². The molecule has 0 N–H and O–H groups in total. The zero-order chi connectivity index (χ0) is 17.1. The molecule has 1 aromatic heterocycles. The second kappa shape index (κ2) is 6.67. The van der Waals surface area contributed by atoms with Crippen molar-refractivity contribution < 1.29 is 14.2 Å². The fraction of sp³-hybridized carbons (Fsp3) is 0.125. The summed E-state index contributed by atoms with van der Waals surface area (Å²) in [5.74, 6) is 1.17. The lowest BCUT2D eigenvalue weighted by molar-refractivity contribution is -0.384. The highest BCUT2D eigenvalue weighted by molar-refractivity contribution is 6.31. The highest BCUT2D eigenvalue weighted by atomic mass is 35.5. The molecular formula is C16H12ClN3O4. The molecule has 1 heterocycles. The molecule has 3 rings (SSSR count). The van der Waals surface area contributed by atoms with Crippen LogP contribution >= 0.6 is 11.6 Å². The number of aromatic nitrogens is 2. The molecule has 0 aliphatic carbocycles. The minimum atomic E-state index is -0.476. The van der Waals surface area contributed by atoms with E-state index in [0.29, 0.717) is 16.3 Å². The third-order valence-electron chi connectivity index (χ3n) is 3.27. The molecule has 0 radical (unpaired) electrons. The molecule has 0 bridgehead atoms. The molecule has 2 aromatic carbocycles. The van der Waals surface area contributed by atoms with E-state index in [-0.39, 0.29) is 24.0 Å². The topological polar surface area (TPSA) is 91.3 Å². The lowest BCUT2D eigenvalue weighted by Crippen LogP contribution is -1.96. The van der Waals surface area contributed by atoms with Gasteiger partial charge in [-0.1, -0.05) is 28.9 Å². The molecule has 0 saturated carbocycles. The number of halogens is 1. The number of nitro groups is 1. The van der Waals surface area contributed by atoms with Crippen molar-refractivity contribution in [2.75, 3.05) is 0 Å². The maximum Gasteiger partial charge on any atom is 0.270 e. The van der Waals surface area contributed by atoms with Gasteiger partial charge in [0.25, 0.3) is 11.6 Å². The molecule has 0 fully saturated rings. The van der Waals surface area contributed by atoms with Crippen molar-refractivity contribution in [3.8, 4) is 17.1 Å². The van der Waals surface area contributed by atoms with Crippen LogP contribution in [-0.4, -0.2) is 15.1 Å². The van der Waals surface area contributed by atoms with Crippen molar-refractivity contribution in [3.63, 3.8) is 0 Å². The summed E-state index contributed by atoms with van der Waals surface area (Å²) >= 11 is 5.96. The van der Waals surface area contributed by atoms with E-state index in [2.05, 4.69) is 10.1 Å². The van der Waals surface area contributed by atoms with E-state index in [1.807, 2.05) is 6.92 Å². The minimum absolute atomic E-state index is 0.0354. The monoisotopic (exact) mass is 345 g/mol. The Balaban J connectivity index is 1.72. The van der Waals surface area contributed by atoms with Crippen LogP contribution in [0.2, 0.25) is 5.02 Å². The normalized spacial score (nSPS) is 10.6. The number of nitrogens with zero attached hydrogens (tertiary/aromatic N) is 3. The SMILES string of the molecule is Cc1cc(OCc2nc(-c3cccc([N+](=O)[O-])c3)no2)ccc1Cl. The quantitative estimate of drug-likeness (QED) is 0.508. The molecule has 3 aromatic rings. The molecule has 0 atom stereocenters. The average Bonchev–Trinajstić information content (AvgIpc) is 3.05. The Morgan fingerprint density at radius 2 is 2.12 bits per heavy atom. The van der Waals surface area contributed by atoms with Gasteiger partial charge in [-0.3, -0.25) is 10.1 Å². The van der Waals surface area contributed by atoms with Crippen LogP contribution in [0.25, 0.3) is 11.4 Å². The smallest absolute Gasteiger partial charge is 0.270 e. The maximum absolute atomic E-state index is 10.8. The van der Waals surface area contributed by atoms with Crippen molar-refractivity contribution in [1.82, 2.24) is 10.1 Å². The minimum Gasteiger partial charge on any atom is -0.484 e. The number of non-ortho nitro benzene ring substituents is 1. The molecule has 0 saturated heterocycles. The number of ether oxygens (including phenoxy) is 1. The number of hydrogen-bond donors (Lipinski definition) is 0. The summed E-state index contributed by atoms with van der Waals surface area (Å²) < 4.78 is 10.7. The van der Waals surface area contributed by atoms with Crippen molar-refractivity contribution in [2.24, 2.45) is 0 Å². The molecule has 0 unspecified atom stereocenters. The van der Waals surface area contributed by atoms with E-state index in [1.54, 1.807) is 30.3 Å². The highest BCUT2D eigenvalue weighted by Crippen LogP contribution is 2.23. The Kier molecular flexibility index (Phi) is 4.43. The first-order chi connectivity index (χ1) is 11.5. The van der Waals surface area contributed by atoms with E-state index >= 15 is 0 Å². The number of hydrogen-bond acceptors (Lipinski definition) is 6. The van der Waals surface area contributed by atoms with E-state index in [0.717, 1.165) is 5.56 Å². The van der Waals surface area contributed by atoms with Crippen molar-refractivity contribution in [2.45, 2.75) is 13.5 Å². The summed E-state index contributed by atoms with van der Waals surface area (Å²) in [7, 11) is 0. The predicted molar refractivity (Wildman–Crippen MR) is 86.9 cm³/mol. The molecule has 0 amide bonds. The molecule has 0 spiro atoms. The van der Waals surface area contributed by atoms with Crippen molar-refractivity contribution >= 4 is 17.3 Å². The zero-order valence-corrected chi connectivity index (χ0v) is 13.4. The fourth-order valence-corrected chi connectivity index (χ4v) is 2.16. The summed E-state index contributed by atoms with van der Waals surface area (Å²) in [6.07, 6.45) is 0. The predicted octanol–water partition coefficient (Wildman–Crippen LogP) is 4.19. The lowest BCUT2D eigenvalue weighted by Gasteiger charge is -2.04. The van der Waals surface area contributed by atoms with Crippen molar-refractivity contribution in [1.29, 1.82) is 0 Å². The summed E-state index contributed by atoms with van der Waals surface area (Å²) in [5, 5.41) is 15.3. The summed E-state index contributed by atoms with van der Waals surface area (Å²) in [6.45, 7) is 1.96. The van der Waals surface area contributed by atoms with Crippen LogP contribution < -0.4 is 4.74 Å². The van der Waals surface area contributed by atoms with Gasteiger partial charge in [-0.05, 0) is 30.7 Å².